The van der Waals surface area contributed by atoms with Gasteiger partial charge in [0.1, 0.15) is 0 Å². The summed E-state index contributed by atoms with van der Waals surface area (Å²) in [6.45, 7) is 4.43. The number of hydrogen-bond donors (Lipinski definition) is 2. The summed E-state index contributed by atoms with van der Waals surface area (Å²) in [7, 11) is 0. The molecule has 0 saturated carbocycles. The molecular formula is C22H44CuO4. The van der Waals surface area contributed by atoms with Crippen LogP contribution in [0.25, 0.3) is 0 Å². The van der Waals surface area contributed by atoms with Crippen molar-refractivity contribution in [3.8, 4) is 0 Å². The van der Waals surface area contributed by atoms with Crippen LogP contribution in [0.15, 0.2) is 0 Å². The van der Waals surface area contributed by atoms with Crippen LogP contribution in [0.1, 0.15) is 129 Å². The minimum Gasteiger partial charge on any atom is -0.481 e. The van der Waals surface area contributed by atoms with Crippen LogP contribution in [0.3, 0.4) is 0 Å². The van der Waals surface area contributed by atoms with E-state index in [9.17, 15) is 9.59 Å². The van der Waals surface area contributed by atoms with E-state index in [2.05, 4.69) is 13.8 Å². The Bertz CT molecular complexity index is 279. The fourth-order valence-electron chi connectivity index (χ4n) is 2.82. The van der Waals surface area contributed by atoms with Gasteiger partial charge in [0.15, 0.2) is 0 Å². The third-order valence-corrected chi connectivity index (χ3v) is 4.49. The minimum absolute atomic E-state index is 0. The molecule has 0 spiro atoms. The predicted molar refractivity (Wildman–Crippen MR) is 110 cm³/mol. The number of rotatable bonds is 18. The fraction of sp³-hybridized carbons (Fsp3) is 0.909. The Morgan fingerprint density at radius 1 is 0.481 bits per heavy atom. The zero-order chi connectivity index (χ0) is 19.9. The molecule has 0 bridgehead atoms. The van der Waals surface area contributed by atoms with Gasteiger partial charge in [-0.3, -0.25) is 9.59 Å². The first-order valence-corrected chi connectivity index (χ1v) is 11.0. The maximum atomic E-state index is 10.2. The topological polar surface area (TPSA) is 74.6 Å². The van der Waals surface area contributed by atoms with Crippen molar-refractivity contribution in [3.05, 3.63) is 0 Å². The van der Waals surface area contributed by atoms with E-state index in [-0.39, 0.29) is 17.1 Å². The first-order valence-electron chi connectivity index (χ1n) is 11.0. The summed E-state index contributed by atoms with van der Waals surface area (Å²) in [5, 5.41) is 16.8. The van der Waals surface area contributed by atoms with Gasteiger partial charge in [-0.2, -0.15) is 0 Å². The Kier molecular flexibility index (Phi) is 31.9. The predicted octanol–water partition coefficient (Wildman–Crippen LogP) is 7.20. The normalized spacial score (nSPS) is 9.85. The molecule has 1 radical (unpaired) electrons. The van der Waals surface area contributed by atoms with Crippen LogP contribution in [0.5, 0.6) is 0 Å². The summed E-state index contributed by atoms with van der Waals surface area (Å²) in [4.78, 5) is 20.3. The number of hydrogen-bond acceptors (Lipinski definition) is 2. The zero-order valence-electron chi connectivity index (χ0n) is 17.7. The molecule has 0 aliphatic rings. The van der Waals surface area contributed by atoms with Gasteiger partial charge in [-0.1, -0.05) is 104 Å². The third-order valence-electron chi connectivity index (χ3n) is 4.49. The number of unbranched alkanes of at least 4 members (excludes halogenated alkanes) is 14. The fourth-order valence-corrected chi connectivity index (χ4v) is 2.82. The maximum absolute atomic E-state index is 10.2. The standard InChI is InChI=1S/2C11H22O2.Cu/c2*1-2-3-4-5-6-7-8-9-10-11(12)13;/h2*2-10H2,1H3,(H,12,13);. The molecule has 167 valence electrons. The third kappa shape index (κ3) is 37.0. The molecule has 5 heteroatoms. The molecule has 0 saturated heterocycles. The van der Waals surface area contributed by atoms with Gasteiger partial charge in [-0.25, -0.2) is 0 Å². The van der Waals surface area contributed by atoms with Gasteiger partial charge in [0.2, 0.25) is 0 Å². The second-order valence-corrected chi connectivity index (χ2v) is 7.24. The van der Waals surface area contributed by atoms with Crippen LogP contribution in [-0.2, 0) is 26.7 Å². The van der Waals surface area contributed by atoms with Crippen LogP contribution in [-0.4, -0.2) is 22.2 Å². The SMILES string of the molecule is CCCCCCCCCCC(=O)O.CCCCCCCCCCC(=O)O.[Cu]. The molecule has 0 aromatic carbocycles. The smallest absolute Gasteiger partial charge is 0.303 e. The number of carboxylic acids is 2. The zero-order valence-corrected chi connectivity index (χ0v) is 18.7. The van der Waals surface area contributed by atoms with Crippen molar-refractivity contribution in [1.29, 1.82) is 0 Å². The summed E-state index contributed by atoms with van der Waals surface area (Å²) < 4.78 is 0. The van der Waals surface area contributed by atoms with Crippen molar-refractivity contribution in [2.24, 2.45) is 0 Å². The first kappa shape index (κ1) is 31.2. The van der Waals surface area contributed by atoms with Crippen LogP contribution in [0, 0.1) is 0 Å². The monoisotopic (exact) mass is 435 g/mol. The Morgan fingerprint density at radius 3 is 0.926 bits per heavy atom. The average Bonchev–Trinajstić information content (AvgIpc) is 2.60. The number of aliphatic carboxylic acids is 2. The summed E-state index contributed by atoms with van der Waals surface area (Å²) in [6.07, 6.45) is 20.1. The largest absolute Gasteiger partial charge is 0.481 e. The van der Waals surface area contributed by atoms with Gasteiger partial charge < -0.3 is 10.2 Å². The van der Waals surface area contributed by atoms with Gasteiger partial charge in [-0.05, 0) is 12.8 Å². The quantitative estimate of drug-likeness (QED) is 0.176. The molecule has 0 aromatic rings. The van der Waals surface area contributed by atoms with Gasteiger partial charge in [0.05, 0.1) is 0 Å². The number of carbonyl (C=O) groups is 2. The van der Waals surface area contributed by atoms with Crippen molar-refractivity contribution in [2.75, 3.05) is 0 Å². The van der Waals surface area contributed by atoms with E-state index >= 15 is 0 Å². The number of carboxylic acid groups (broad SMARTS) is 2. The first-order chi connectivity index (χ1) is 12.5. The van der Waals surface area contributed by atoms with E-state index in [1.807, 2.05) is 0 Å². The summed E-state index contributed by atoms with van der Waals surface area (Å²) in [5.74, 6) is -1.32. The van der Waals surface area contributed by atoms with Crippen LogP contribution in [0.4, 0.5) is 0 Å². The molecule has 2 N–H and O–H groups in total. The van der Waals surface area contributed by atoms with E-state index in [1.54, 1.807) is 0 Å². The molecule has 0 unspecified atom stereocenters. The van der Waals surface area contributed by atoms with E-state index in [0.717, 1.165) is 25.7 Å². The van der Waals surface area contributed by atoms with Crippen molar-refractivity contribution >= 4 is 11.9 Å². The Morgan fingerprint density at radius 2 is 0.704 bits per heavy atom. The molecule has 0 rings (SSSR count). The molecule has 0 aromatic heterocycles. The van der Waals surface area contributed by atoms with Gasteiger partial charge >= 0.3 is 11.9 Å². The molecule has 0 aliphatic heterocycles. The maximum Gasteiger partial charge on any atom is 0.303 e. The molecule has 27 heavy (non-hydrogen) atoms. The Labute approximate surface area is 178 Å². The van der Waals surface area contributed by atoms with Crippen LogP contribution < -0.4 is 0 Å². The molecule has 4 nitrogen and oxygen atoms in total. The molecule has 0 heterocycles. The van der Waals surface area contributed by atoms with Crippen molar-refractivity contribution in [2.45, 2.75) is 129 Å². The van der Waals surface area contributed by atoms with Crippen LogP contribution >= 0.6 is 0 Å². The summed E-state index contributed by atoms with van der Waals surface area (Å²) in [5.41, 5.74) is 0. The van der Waals surface area contributed by atoms with Crippen molar-refractivity contribution < 1.29 is 36.9 Å². The summed E-state index contributed by atoms with van der Waals surface area (Å²) in [6, 6.07) is 0. The molecule has 0 aliphatic carbocycles. The van der Waals surface area contributed by atoms with E-state index in [0.29, 0.717) is 12.8 Å². The Balaban J connectivity index is -0.000000411. The summed E-state index contributed by atoms with van der Waals surface area (Å²) >= 11 is 0. The van der Waals surface area contributed by atoms with Crippen molar-refractivity contribution in [1.82, 2.24) is 0 Å². The minimum atomic E-state index is -0.661. The van der Waals surface area contributed by atoms with Gasteiger partial charge in [0.25, 0.3) is 0 Å². The van der Waals surface area contributed by atoms with E-state index in [1.165, 1.54) is 77.0 Å². The molecular weight excluding hydrogens is 392 g/mol. The van der Waals surface area contributed by atoms with Crippen LogP contribution in [0.2, 0.25) is 0 Å². The second kappa shape index (κ2) is 27.7. The second-order valence-electron chi connectivity index (χ2n) is 7.24. The van der Waals surface area contributed by atoms with Gasteiger partial charge in [0, 0.05) is 29.9 Å². The van der Waals surface area contributed by atoms with Crippen molar-refractivity contribution in [3.63, 3.8) is 0 Å². The van der Waals surface area contributed by atoms with Gasteiger partial charge in [-0.15, -0.1) is 0 Å². The average molecular weight is 436 g/mol. The molecule has 0 atom stereocenters. The van der Waals surface area contributed by atoms with E-state index in [4.69, 9.17) is 10.2 Å². The van der Waals surface area contributed by atoms with E-state index < -0.39 is 11.9 Å². The molecule has 0 amide bonds. The molecule has 0 fully saturated rings. The Hall–Kier alpha value is -0.541.